The van der Waals surface area contributed by atoms with Crippen molar-refractivity contribution in [1.82, 2.24) is 14.5 Å². The number of halogens is 1. The molecule has 0 bridgehead atoms. The van der Waals surface area contributed by atoms with Gasteiger partial charge < -0.3 is 10.2 Å². The van der Waals surface area contributed by atoms with Crippen LogP contribution in [-0.4, -0.2) is 55.3 Å². The number of nitrogens with zero attached hydrogens (tertiary/aromatic N) is 2. The van der Waals surface area contributed by atoms with Gasteiger partial charge in [-0.3, -0.25) is 9.59 Å². The van der Waals surface area contributed by atoms with Gasteiger partial charge in [0, 0.05) is 31.6 Å². The minimum absolute atomic E-state index is 0.115. The Morgan fingerprint density at radius 3 is 1.97 bits per heavy atom. The summed E-state index contributed by atoms with van der Waals surface area (Å²) in [6.07, 6.45) is 1.31. The van der Waals surface area contributed by atoms with Gasteiger partial charge in [0.15, 0.2) is 0 Å². The zero-order valence-corrected chi connectivity index (χ0v) is 21.9. The molecule has 0 spiro atoms. The summed E-state index contributed by atoms with van der Waals surface area (Å²) in [6.45, 7) is 0.0325. The molecule has 3 aromatic carbocycles. The Morgan fingerprint density at radius 1 is 0.861 bits per heavy atom. The van der Waals surface area contributed by atoms with Crippen molar-refractivity contribution in [3.05, 3.63) is 107 Å². The Labute approximate surface area is 217 Å². The van der Waals surface area contributed by atoms with E-state index in [1.807, 2.05) is 60.7 Å². The van der Waals surface area contributed by atoms with E-state index in [0.717, 1.165) is 27.3 Å². The second-order valence-electron chi connectivity index (χ2n) is 8.58. The number of nitrogens with one attached hydrogen (secondary N) is 1. The van der Waals surface area contributed by atoms with E-state index in [1.165, 1.54) is 11.9 Å². The number of carbonyl (C=O) groups is 2. The Kier molecular flexibility index (Phi) is 9.64. The quantitative estimate of drug-likeness (QED) is 0.413. The minimum atomic E-state index is -3.59. The third kappa shape index (κ3) is 8.19. The molecule has 1 N–H and O–H groups in total. The molecule has 0 unspecified atom stereocenters. The standard InChI is InChI=1S/C27H30ClN3O4S/c1-30(36(2,34)35)20-26(32)31(19-23-13-15-24(28)16-14-23)25(17-21-9-5-3-6-10-21)27(33)29-18-22-11-7-4-8-12-22/h3-16,25H,17-20H2,1-2H3,(H,29,33)/t25-/m0/s1. The average Bonchev–Trinajstić information content (AvgIpc) is 2.86. The van der Waals surface area contributed by atoms with Crippen molar-refractivity contribution >= 4 is 33.4 Å². The molecular weight excluding hydrogens is 498 g/mol. The highest BCUT2D eigenvalue weighted by Gasteiger charge is 2.31. The van der Waals surface area contributed by atoms with Crippen LogP contribution in [-0.2, 0) is 39.1 Å². The molecule has 2 amide bonds. The summed E-state index contributed by atoms with van der Waals surface area (Å²) in [7, 11) is -2.25. The fourth-order valence-corrected chi connectivity index (χ4v) is 4.11. The maximum absolute atomic E-state index is 13.5. The van der Waals surface area contributed by atoms with Crippen LogP contribution in [0.15, 0.2) is 84.9 Å². The van der Waals surface area contributed by atoms with Crippen LogP contribution in [0.5, 0.6) is 0 Å². The number of hydrogen-bond acceptors (Lipinski definition) is 4. The molecule has 9 heteroatoms. The van der Waals surface area contributed by atoms with Gasteiger partial charge in [-0.15, -0.1) is 0 Å². The predicted octanol–water partition coefficient (Wildman–Crippen LogP) is 3.49. The van der Waals surface area contributed by atoms with Crippen molar-refractivity contribution < 1.29 is 18.0 Å². The van der Waals surface area contributed by atoms with Crippen LogP contribution in [0.1, 0.15) is 16.7 Å². The van der Waals surface area contributed by atoms with E-state index in [-0.39, 0.29) is 25.4 Å². The van der Waals surface area contributed by atoms with Gasteiger partial charge in [0.25, 0.3) is 0 Å². The third-order valence-electron chi connectivity index (χ3n) is 5.77. The third-order valence-corrected chi connectivity index (χ3v) is 7.28. The fourth-order valence-electron chi connectivity index (χ4n) is 3.64. The van der Waals surface area contributed by atoms with Gasteiger partial charge in [0.1, 0.15) is 6.04 Å². The molecule has 190 valence electrons. The SMILES string of the molecule is CN(CC(=O)N(Cc1ccc(Cl)cc1)[C@@H](Cc1ccccc1)C(=O)NCc1ccccc1)S(C)(=O)=O. The maximum Gasteiger partial charge on any atom is 0.243 e. The first-order valence-corrected chi connectivity index (χ1v) is 13.7. The van der Waals surface area contributed by atoms with E-state index in [4.69, 9.17) is 11.6 Å². The first-order valence-electron chi connectivity index (χ1n) is 11.4. The first-order chi connectivity index (χ1) is 17.1. The summed E-state index contributed by atoms with van der Waals surface area (Å²) in [5.41, 5.74) is 2.57. The lowest BCUT2D eigenvalue weighted by Crippen LogP contribution is -2.52. The lowest BCUT2D eigenvalue weighted by Gasteiger charge is -2.32. The molecule has 0 radical (unpaired) electrons. The summed E-state index contributed by atoms with van der Waals surface area (Å²) in [5.74, 6) is -0.805. The van der Waals surface area contributed by atoms with Crippen LogP contribution in [0.25, 0.3) is 0 Å². The van der Waals surface area contributed by atoms with E-state index in [2.05, 4.69) is 5.32 Å². The second-order valence-corrected chi connectivity index (χ2v) is 11.1. The minimum Gasteiger partial charge on any atom is -0.350 e. The van der Waals surface area contributed by atoms with Crippen molar-refractivity contribution in [3.63, 3.8) is 0 Å². The van der Waals surface area contributed by atoms with Crippen LogP contribution >= 0.6 is 11.6 Å². The summed E-state index contributed by atoms with van der Waals surface area (Å²) < 4.78 is 25.0. The van der Waals surface area contributed by atoms with Crippen molar-refractivity contribution in [2.24, 2.45) is 0 Å². The maximum atomic E-state index is 13.5. The van der Waals surface area contributed by atoms with Gasteiger partial charge in [-0.05, 0) is 28.8 Å². The highest BCUT2D eigenvalue weighted by atomic mass is 35.5. The van der Waals surface area contributed by atoms with E-state index in [0.29, 0.717) is 11.6 Å². The van der Waals surface area contributed by atoms with E-state index >= 15 is 0 Å². The molecule has 3 aromatic rings. The molecule has 0 fully saturated rings. The zero-order chi connectivity index (χ0) is 26.1. The summed E-state index contributed by atoms with van der Waals surface area (Å²) in [4.78, 5) is 28.5. The Balaban J connectivity index is 1.94. The smallest absolute Gasteiger partial charge is 0.243 e. The lowest BCUT2D eigenvalue weighted by molar-refractivity contribution is -0.141. The monoisotopic (exact) mass is 527 g/mol. The van der Waals surface area contributed by atoms with Gasteiger partial charge in [-0.1, -0.05) is 84.4 Å². The van der Waals surface area contributed by atoms with Crippen LogP contribution < -0.4 is 5.32 Å². The van der Waals surface area contributed by atoms with Crippen LogP contribution in [0, 0.1) is 0 Å². The average molecular weight is 528 g/mol. The number of hydrogen-bond donors (Lipinski definition) is 1. The molecule has 3 rings (SSSR count). The van der Waals surface area contributed by atoms with Crippen LogP contribution in [0.3, 0.4) is 0 Å². The molecule has 0 aliphatic heterocycles. The van der Waals surface area contributed by atoms with Crippen molar-refractivity contribution in [2.75, 3.05) is 19.8 Å². The topological polar surface area (TPSA) is 86.8 Å². The van der Waals surface area contributed by atoms with Crippen LogP contribution in [0.2, 0.25) is 5.02 Å². The Morgan fingerprint density at radius 2 is 1.42 bits per heavy atom. The summed E-state index contributed by atoms with van der Waals surface area (Å²) >= 11 is 6.03. The van der Waals surface area contributed by atoms with Gasteiger partial charge in [0.2, 0.25) is 21.8 Å². The molecule has 1 atom stereocenters. The second kappa shape index (κ2) is 12.7. The molecule has 36 heavy (non-hydrogen) atoms. The number of carbonyl (C=O) groups excluding carboxylic acids is 2. The van der Waals surface area contributed by atoms with Gasteiger partial charge >= 0.3 is 0 Å². The normalized spacial score (nSPS) is 12.2. The molecule has 0 heterocycles. The highest BCUT2D eigenvalue weighted by molar-refractivity contribution is 7.88. The van der Waals surface area contributed by atoms with E-state index in [1.54, 1.807) is 24.3 Å². The van der Waals surface area contributed by atoms with Crippen molar-refractivity contribution in [3.8, 4) is 0 Å². The molecule has 0 aliphatic carbocycles. The van der Waals surface area contributed by atoms with Gasteiger partial charge in [0.05, 0.1) is 12.8 Å². The molecule has 0 aromatic heterocycles. The number of benzene rings is 3. The predicted molar refractivity (Wildman–Crippen MR) is 142 cm³/mol. The number of likely N-dealkylation sites (N-methyl/N-ethyl adjacent to an activating group) is 1. The fraction of sp³-hybridized carbons (Fsp3) is 0.259. The lowest BCUT2D eigenvalue weighted by atomic mass is 10.0. The number of amides is 2. The van der Waals surface area contributed by atoms with E-state index in [9.17, 15) is 18.0 Å². The molecule has 0 aliphatic rings. The molecule has 0 saturated heterocycles. The van der Waals surface area contributed by atoms with Gasteiger partial charge in [-0.2, -0.15) is 4.31 Å². The van der Waals surface area contributed by atoms with Gasteiger partial charge in [-0.25, -0.2) is 8.42 Å². The zero-order valence-electron chi connectivity index (χ0n) is 20.3. The number of rotatable bonds is 11. The van der Waals surface area contributed by atoms with Crippen LogP contribution in [0.4, 0.5) is 0 Å². The first kappa shape index (κ1) is 27.4. The Hall–Kier alpha value is -3.20. The van der Waals surface area contributed by atoms with Crippen molar-refractivity contribution in [1.29, 1.82) is 0 Å². The highest BCUT2D eigenvalue weighted by Crippen LogP contribution is 2.17. The summed E-state index contributed by atoms with van der Waals surface area (Å²) in [5, 5.41) is 3.50. The molecule has 0 saturated carbocycles. The Bertz CT molecular complexity index is 1250. The van der Waals surface area contributed by atoms with Crippen molar-refractivity contribution in [2.45, 2.75) is 25.6 Å². The molecule has 7 nitrogen and oxygen atoms in total. The largest absolute Gasteiger partial charge is 0.350 e. The summed E-state index contributed by atoms with van der Waals surface area (Å²) in [6, 6.07) is 25.0. The van der Waals surface area contributed by atoms with E-state index < -0.39 is 22.0 Å². The number of sulfonamides is 1. The molecular formula is C27H30ClN3O4S.